The maximum atomic E-state index is 13.3. The summed E-state index contributed by atoms with van der Waals surface area (Å²) in [6.45, 7) is 0. The highest BCUT2D eigenvalue weighted by atomic mass is 35.5. The first-order chi connectivity index (χ1) is 17.3. The maximum Gasteiger partial charge on any atom is 0.303 e. The molecule has 0 fully saturated rings. The van der Waals surface area contributed by atoms with Crippen molar-refractivity contribution in [1.82, 2.24) is 9.97 Å². The maximum absolute atomic E-state index is 13.3. The number of aromatic nitrogens is 2. The van der Waals surface area contributed by atoms with E-state index in [0.717, 1.165) is 11.1 Å². The standard InChI is InChI=1S/C27H24ClFN4O3/c28-19-9-13-22-23(15-19)32-27(31-22)33-26(36)21(12-5-17-3-10-20(29)11-4-17)25(30)18-7-1-16(2-8-18)6-14-24(34)35/h1-4,7-11,13,15H,5-6,12,14,30H2,(H,34,35)(H2,31,32,33,36)/b25-21-. The van der Waals surface area contributed by atoms with Crippen molar-refractivity contribution in [1.29, 1.82) is 0 Å². The van der Waals surface area contributed by atoms with Gasteiger partial charge in [-0.1, -0.05) is 48.0 Å². The Hall–Kier alpha value is -4.17. The summed E-state index contributed by atoms with van der Waals surface area (Å²) in [6.07, 6.45) is 1.19. The van der Waals surface area contributed by atoms with Crippen LogP contribution in [0.2, 0.25) is 5.02 Å². The molecule has 0 aliphatic carbocycles. The highest BCUT2D eigenvalue weighted by Gasteiger charge is 2.17. The zero-order chi connectivity index (χ0) is 25.7. The average molecular weight is 507 g/mol. The molecule has 0 aliphatic heterocycles. The summed E-state index contributed by atoms with van der Waals surface area (Å²) in [6, 6.07) is 18.4. The van der Waals surface area contributed by atoms with E-state index >= 15 is 0 Å². The molecular weight excluding hydrogens is 483 g/mol. The van der Waals surface area contributed by atoms with Crippen LogP contribution in [0.25, 0.3) is 16.7 Å². The molecule has 0 atom stereocenters. The van der Waals surface area contributed by atoms with Gasteiger partial charge in [0.25, 0.3) is 5.91 Å². The molecule has 4 rings (SSSR count). The Morgan fingerprint density at radius 1 is 0.972 bits per heavy atom. The number of aliphatic carboxylic acids is 1. The minimum absolute atomic E-state index is 0.0265. The number of carbonyl (C=O) groups excluding carboxylic acids is 1. The van der Waals surface area contributed by atoms with E-state index in [-0.39, 0.29) is 18.2 Å². The highest BCUT2D eigenvalue weighted by molar-refractivity contribution is 6.31. The number of hydrogen-bond donors (Lipinski definition) is 4. The Morgan fingerprint density at radius 3 is 2.28 bits per heavy atom. The van der Waals surface area contributed by atoms with Crippen molar-refractivity contribution in [2.24, 2.45) is 5.73 Å². The molecule has 184 valence electrons. The minimum atomic E-state index is -0.869. The molecule has 0 radical (unpaired) electrons. The molecule has 0 unspecified atom stereocenters. The quantitative estimate of drug-likeness (QED) is 0.229. The fraction of sp³-hybridized carbons (Fsp3) is 0.148. The number of imidazole rings is 1. The lowest BCUT2D eigenvalue weighted by Gasteiger charge is -2.13. The lowest BCUT2D eigenvalue weighted by molar-refractivity contribution is -0.137. The molecular formula is C27H24ClFN4O3. The van der Waals surface area contributed by atoms with Crippen LogP contribution in [0.3, 0.4) is 0 Å². The van der Waals surface area contributed by atoms with Crippen molar-refractivity contribution < 1.29 is 19.1 Å². The number of halogens is 2. The first-order valence-electron chi connectivity index (χ1n) is 11.3. The van der Waals surface area contributed by atoms with Crippen molar-refractivity contribution in [3.8, 4) is 0 Å². The summed E-state index contributed by atoms with van der Waals surface area (Å²) in [5.41, 5.74) is 10.8. The van der Waals surface area contributed by atoms with Crippen LogP contribution in [-0.2, 0) is 22.4 Å². The molecule has 4 aromatic rings. The predicted molar refractivity (Wildman–Crippen MR) is 138 cm³/mol. The van der Waals surface area contributed by atoms with Crippen molar-refractivity contribution in [3.05, 3.63) is 99.8 Å². The number of aromatic amines is 1. The molecule has 0 bridgehead atoms. The zero-order valence-corrected chi connectivity index (χ0v) is 20.0. The number of hydrogen-bond acceptors (Lipinski definition) is 4. The van der Waals surface area contributed by atoms with E-state index in [4.69, 9.17) is 22.4 Å². The molecule has 3 aromatic carbocycles. The van der Waals surface area contributed by atoms with Gasteiger partial charge in [-0.2, -0.15) is 0 Å². The summed E-state index contributed by atoms with van der Waals surface area (Å²) in [7, 11) is 0. The van der Waals surface area contributed by atoms with Crippen LogP contribution in [0.15, 0.2) is 72.3 Å². The van der Waals surface area contributed by atoms with Crippen molar-refractivity contribution in [2.45, 2.75) is 25.7 Å². The van der Waals surface area contributed by atoms with Gasteiger partial charge in [0.05, 0.1) is 11.0 Å². The number of benzene rings is 3. The SMILES string of the molecule is N/C(=C(/CCc1ccc(F)cc1)C(=O)Nc1nc2ccc(Cl)cc2[nH]1)c1ccc(CCC(=O)O)cc1. The topological polar surface area (TPSA) is 121 Å². The van der Waals surface area contributed by atoms with E-state index in [1.807, 2.05) is 0 Å². The Balaban J connectivity index is 1.60. The number of nitrogens with one attached hydrogen (secondary N) is 2. The lowest BCUT2D eigenvalue weighted by atomic mass is 9.98. The molecule has 0 saturated heterocycles. The van der Waals surface area contributed by atoms with Gasteiger partial charge in [-0.25, -0.2) is 9.37 Å². The predicted octanol–water partition coefficient (Wildman–Crippen LogP) is 5.31. The molecule has 0 saturated carbocycles. The second kappa shape index (κ2) is 11.0. The van der Waals surface area contributed by atoms with Crippen molar-refractivity contribution >= 4 is 46.2 Å². The fourth-order valence-electron chi connectivity index (χ4n) is 3.79. The average Bonchev–Trinajstić information content (AvgIpc) is 3.25. The molecule has 0 spiro atoms. The zero-order valence-electron chi connectivity index (χ0n) is 19.2. The second-order valence-corrected chi connectivity index (χ2v) is 8.75. The van der Waals surface area contributed by atoms with Gasteiger partial charge < -0.3 is 15.8 Å². The number of nitrogens with two attached hydrogens (primary N) is 1. The number of H-pyrrole nitrogens is 1. The van der Waals surface area contributed by atoms with Crippen LogP contribution >= 0.6 is 11.6 Å². The van der Waals surface area contributed by atoms with Gasteiger partial charge in [0.2, 0.25) is 5.95 Å². The Labute approximate surface area is 211 Å². The molecule has 1 amide bonds. The normalized spacial score (nSPS) is 11.8. The Kier molecular flexibility index (Phi) is 7.65. The molecule has 0 aliphatic rings. The summed E-state index contributed by atoms with van der Waals surface area (Å²) >= 11 is 6.04. The van der Waals surface area contributed by atoms with Gasteiger partial charge in [-0.15, -0.1) is 0 Å². The molecule has 1 aromatic heterocycles. The van der Waals surface area contributed by atoms with Crippen molar-refractivity contribution in [3.63, 3.8) is 0 Å². The second-order valence-electron chi connectivity index (χ2n) is 8.31. The van der Waals surface area contributed by atoms with E-state index in [2.05, 4.69) is 15.3 Å². The number of anilines is 1. The number of carboxylic acids is 1. The summed E-state index contributed by atoms with van der Waals surface area (Å²) in [5, 5.41) is 12.2. The summed E-state index contributed by atoms with van der Waals surface area (Å²) in [4.78, 5) is 31.6. The first kappa shape index (κ1) is 24.9. The smallest absolute Gasteiger partial charge is 0.303 e. The largest absolute Gasteiger partial charge is 0.481 e. The summed E-state index contributed by atoms with van der Waals surface area (Å²) < 4.78 is 13.3. The van der Waals surface area contributed by atoms with E-state index in [1.54, 1.807) is 54.6 Å². The number of amides is 1. The van der Waals surface area contributed by atoms with Crippen LogP contribution in [0.5, 0.6) is 0 Å². The van der Waals surface area contributed by atoms with Crippen LogP contribution < -0.4 is 11.1 Å². The van der Waals surface area contributed by atoms with Gasteiger partial charge in [-0.3, -0.25) is 14.9 Å². The Morgan fingerprint density at radius 2 is 1.61 bits per heavy atom. The van der Waals surface area contributed by atoms with Gasteiger partial charge >= 0.3 is 5.97 Å². The van der Waals surface area contributed by atoms with Gasteiger partial charge in [0, 0.05) is 22.7 Å². The molecule has 36 heavy (non-hydrogen) atoms. The van der Waals surface area contributed by atoms with Gasteiger partial charge in [0.1, 0.15) is 5.82 Å². The molecule has 5 N–H and O–H groups in total. The molecule has 9 heteroatoms. The third kappa shape index (κ3) is 6.28. The van der Waals surface area contributed by atoms with E-state index in [9.17, 15) is 14.0 Å². The monoisotopic (exact) mass is 506 g/mol. The van der Waals surface area contributed by atoms with E-state index < -0.39 is 11.9 Å². The van der Waals surface area contributed by atoms with Gasteiger partial charge in [-0.05, 0) is 66.3 Å². The van der Waals surface area contributed by atoms with E-state index in [1.165, 1.54) is 12.1 Å². The summed E-state index contributed by atoms with van der Waals surface area (Å²) in [5.74, 6) is -1.37. The third-order valence-corrected chi connectivity index (χ3v) is 5.98. The molecule has 1 heterocycles. The third-order valence-electron chi connectivity index (χ3n) is 5.74. The number of aryl methyl sites for hydroxylation is 2. The van der Waals surface area contributed by atoms with Crippen LogP contribution in [-0.4, -0.2) is 27.0 Å². The molecule has 7 nitrogen and oxygen atoms in total. The number of rotatable bonds is 9. The Bertz CT molecular complexity index is 1430. The number of carbonyl (C=O) groups is 2. The minimum Gasteiger partial charge on any atom is -0.481 e. The number of nitrogens with zero attached hydrogens (tertiary/aromatic N) is 1. The van der Waals surface area contributed by atoms with Crippen LogP contribution in [0.4, 0.5) is 10.3 Å². The van der Waals surface area contributed by atoms with E-state index in [0.29, 0.717) is 52.2 Å². The van der Waals surface area contributed by atoms with Crippen molar-refractivity contribution in [2.75, 3.05) is 5.32 Å². The van der Waals surface area contributed by atoms with Crippen LogP contribution in [0, 0.1) is 5.82 Å². The van der Waals surface area contributed by atoms with Crippen LogP contribution in [0.1, 0.15) is 29.5 Å². The highest BCUT2D eigenvalue weighted by Crippen LogP contribution is 2.23. The number of carboxylic acid groups (broad SMARTS) is 1. The first-order valence-corrected chi connectivity index (χ1v) is 11.7. The lowest BCUT2D eigenvalue weighted by Crippen LogP contribution is -2.19. The number of fused-ring (bicyclic) bond motifs is 1. The van der Waals surface area contributed by atoms with Gasteiger partial charge in [0.15, 0.2) is 0 Å². The fourth-order valence-corrected chi connectivity index (χ4v) is 3.96.